The second-order valence-electron chi connectivity index (χ2n) is 4.20. The molecule has 0 heterocycles. The predicted octanol–water partition coefficient (Wildman–Crippen LogP) is 2.32. The van der Waals surface area contributed by atoms with Crippen LogP contribution in [0.4, 0.5) is 5.69 Å². The molecule has 1 rings (SSSR count). The van der Waals surface area contributed by atoms with Gasteiger partial charge >= 0.3 is 0 Å². The molecule has 102 valence electrons. The first-order valence-electron chi connectivity index (χ1n) is 6.18. The van der Waals surface area contributed by atoms with Crippen LogP contribution in [0.2, 0.25) is 0 Å². The Kier molecular flexibility index (Phi) is 6.86. The van der Waals surface area contributed by atoms with Gasteiger partial charge in [0.1, 0.15) is 0 Å². The lowest BCUT2D eigenvalue weighted by Crippen LogP contribution is -2.45. The monoisotopic (exact) mass is 277 g/mol. The smallest absolute Gasteiger partial charge is 0.173 e. The van der Waals surface area contributed by atoms with Crippen molar-refractivity contribution in [3.05, 3.63) is 30.3 Å². The first kappa shape index (κ1) is 15.4. The number of hydrogen-bond acceptors (Lipinski definition) is 3. The van der Waals surface area contributed by atoms with E-state index in [1.165, 1.54) is 0 Å². The zero-order valence-electron chi connectivity index (χ0n) is 11.3. The quantitative estimate of drug-likeness (QED) is 0.809. The number of methoxy groups -OCH3 is 1. The van der Waals surface area contributed by atoms with Crippen LogP contribution in [-0.4, -0.2) is 31.4 Å². The van der Waals surface area contributed by atoms with Crippen LogP contribution >= 0.6 is 12.2 Å². The van der Waals surface area contributed by atoms with Gasteiger partial charge in [0.2, 0.25) is 0 Å². The third-order valence-electron chi connectivity index (χ3n) is 2.55. The molecule has 4 nitrogen and oxygen atoms in total. The predicted molar refractivity (Wildman–Crippen MR) is 81.1 cm³/mol. The fourth-order valence-corrected chi connectivity index (χ4v) is 2.10. The molecule has 1 aromatic rings. The molecule has 0 aromatic heterocycles. The number of hydrogen-bond donors (Lipinski definition) is 1. The molecular weight excluding hydrogens is 258 g/mol. The third-order valence-corrected chi connectivity index (χ3v) is 2.89. The molecule has 1 aromatic carbocycles. The SMILES string of the molecule is COCC(C)NC(=S)N(CCC#N)c1ccccc1. The number of thiocarbonyl (C=S) groups is 1. The second kappa shape index (κ2) is 8.46. The Morgan fingerprint density at radius 2 is 2.16 bits per heavy atom. The normalized spacial score (nSPS) is 11.4. The van der Waals surface area contributed by atoms with Crippen LogP contribution in [0.15, 0.2) is 30.3 Å². The van der Waals surface area contributed by atoms with E-state index in [2.05, 4.69) is 11.4 Å². The fraction of sp³-hybridized carbons (Fsp3) is 0.429. The number of rotatable bonds is 6. The minimum atomic E-state index is 0.130. The van der Waals surface area contributed by atoms with E-state index < -0.39 is 0 Å². The van der Waals surface area contributed by atoms with Crippen molar-refractivity contribution in [2.24, 2.45) is 0 Å². The van der Waals surface area contributed by atoms with Crippen LogP contribution in [0.1, 0.15) is 13.3 Å². The topological polar surface area (TPSA) is 48.3 Å². The van der Waals surface area contributed by atoms with Crippen molar-refractivity contribution in [3.8, 4) is 6.07 Å². The van der Waals surface area contributed by atoms with E-state index in [4.69, 9.17) is 22.2 Å². The highest BCUT2D eigenvalue weighted by molar-refractivity contribution is 7.80. The fourth-order valence-electron chi connectivity index (χ4n) is 1.70. The summed E-state index contributed by atoms with van der Waals surface area (Å²) in [7, 11) is 1.66. The Hall–Kier alpha value is -1.64. The van der Waals surface area contributed by atoms with Gasteiger partial charge in [0.15, 0.2) is 5.11 Å². The van der Waals surface area contributed by atoms with Gasteiger partial charge in [-0.05, 0) is 31.3 Å². The number of benzene rings is 1. The van der Waals surface area contributed by atoms with Gasteiger partial charge in [-0.1, -0.05) is 18.2 Å². The molecule has 0 amide bonds. The molecule has 0 bridgehead atoms. The Morgan fingerprint density at radius 3 is 2.74 bits per heavy atom. The van der Waals surface area contributed by atoms with Crippen LogP contribution in [0.5, 0.6) is 0 Å². The van der Waals surface area contributed by atoms with Crippen LogP contribution in [0, 0.1) is 11.3 Å². The summed E-state index contributed by atoms with van der Waals surface area (Å²) in [6, 6.07) is 12.1. The van der Waals surface area contributed by atoms with E-state index >= 15 is 0 Å². The summed E-state index contributed by atoms with van der Waals surface area (Å²) in [6.07, 6.45) is 0.426. The van der Waals surface area contributed by atoms with Crippen molar-refractivity contribution in [2.75, 3.05) is 25.2 Å². The highest BCUT2D eigenvalue weighted by Gasteiger charge is 2.13. The molecule has 5 heteroatoms. The van der Waals surface area contributed by atoms with Gasteiger partial charge in [-0.25, -0.2) is 0 Å². The molecule has 0 saturated carbocycles. The molecule has 1 unspecified atom stereocenters. The number of nitriles is 1. The Bertz CT molecular complexity index is 430. The van der Waals surface area contributed by atoms with Gasteiger partial charge in [-0.2, -0.15) is 5.26 Å². The van der Waals surface area contributed by atoms with Crippen molar-refractivity contribution in [2.45, 2.75) is 19.4 Å². The molecule has 0 radical (unpaired) electrons. The van der Waals surface area contributed by atoms with Crippen LogP contribution in [0.3, 0.4) is 0 Å². The molecular formula is C14H19N3OS. The molecule has 0 aliphatic heterocycles. The molecule has 0 aliphatic carbocycles. The van der Waals surface area contributed by atoms with Crippen molar-refractivity contribution in [3.63, 3.8) is 0 Å². The van der Waals surface area contributed by atoms with Crippen molar-refractivity contribution < 1.29 is 4.74 Å². The first-order chi connectivity index (χ1) is 9.19. The molecule has 1 N–H and O–H groups in total. The zero-order valence-corrected chi connectivity index (χ0v) is 12.1. The first-order valence-corrected chi connectivity index (χ1v) is 6.58. The van der Waals surface area contributed by atoms with Crippen molar-refractivity contribution in [1.82, 2.24) is 5.32 Å². The van der Waals surface area contributed by atoms with E-state index in [0.717, 1.165) is 5.69 Å². The van der Waals surface area contributed by atoms with Crippen LogP contribution < -0.4 is 10.2 Å². The molecule has 0 saturated heterocycles. The molecule has 1 atom stereocenters. The lowest BCUT2D eigenvalue weighted by atomic mass is 10.3. The average molecular weight is 277 g/mol. The van der Waals surface area contributed by atoms with Gasteiger partial charge in [0, 0.05) is 25.4 Å². The van der Waals surface area contributed by atoms with Gasteiger partial charge in [-0.15, -0.1) is 0 Å². The Balaban J connectivity index is 2.74. The lowest BCUT2D eigenvalue weighted by Gasteiger charge is -2.27. The highest BCUT2D eigenvalue weighted by Crippen LogP contribution is 2.14. The van der Waals surface area contributed by atoms with Crippen molar-refractivity contribution >= 4 is 23.0 Å². The second-order valence-corrected chi connectivity index (χ2v) is 4.59. The number of anilines is 1. The highest BCUT2D eigenvalue weighted by atomic mass is 32.1. The largest absolute Gasteiger partial charge is 0.383 e. The van der Waals surface area contributed by atoms with E-state index in [1.807, 2.05) is 42.2 Å². The maximum absolute atomic E-state index is 8.75. The van der Waals surface area contributed by atoms with Gasteiger partial charge in [0.05, 0.1) is 19.1 Å². The summed E-state index contributed by atoms with van der Waals surface area (Å²) >= 11 is 5.41. The summed E-state index contributed by atoms with van der Waals surface area (Å²) in [5.41, 5.74) is 0.986. The maximum Gasteiger partial charge on any atom is 0.173 e. The van der Waals surface area contributed by atoms with Crippen LogP contribution in [0.25, 0.3) is 0 Å². The van der Waals surface area contributed by atoms with Crippen molar-refractivity contribution in [1.29, 1.82) is 5.26 Å². The van der Waals surface area contributed by atoms with Crippen LogP contribution in [-0.2, 0) is 4.74 Å². The number of nitrogens with zero attached hydrogens (tertiary/aromatic N) is 2. The van der Waals surface area contributed by atoms with E-state index in [-0.39, 0.29) is 6.04 Å². The molecule has 0 spiro atoms. The number of ether oxygens (including phenoxy) is 1. The number of para-hydroxylation sites is 1. The zero-order chi connectivity index (χ0) is 14.1. The van der Waals surface area contributed by atoms with E-state index in [0.29, 0.717) is 24.7 Å². The maximum atomic E-state index is 8.75. The van der Waals surface area contributed by atoms with E-state index in [1.54, 1.807) is 7.11 Å². The minimum Gasteiger partial charge on any atom is -0.383 e. The Labute approximate surface area is 120 Å². The molecule has 0 aliphatic rings. The number of nitrogens with one attached hydrogen (secondary N) is 1. The average Bonchev–Trinajstić information content (AvgIpc) is 2.40. The standard InChI is InChI=1S/C14H19N3OS/c1-12(11-18-2)16-14(19)17(10-6-9-15)13-7-4-3-5-8-13/h3-5,7-8,12H,6,10-11H2,1-2H3,(H,16,19). The molecule has 19 heavy (non-hydrogen) atoms. The van der Waals surface area contributed by atoms with E-state index in [9.17, 15) is 0 Å². The van der Waals surface area contributed by atoms with Gasteiger partial charge in [-0.3, -0.25) is 0 Å². The van der Waals surface area contributed by atoms with Gasteiger partial charge < -0.3 is 15.0 Å². The summed E-state index contributed by atoms with van der Waals surface area (Å²) in [4.78, 5) is 1.94. The van der Waals surface area contributed by atoms with Gasteiger partial charge in [0.25, 0.3) is 0 Å². The summed E-state index contributed by atoms with van der Waals surface area (Å²) in [5.74, 6) is 0. The minimum absolute atomic E-state index is 0.130. The lowest BCUT2D eigenvalue weighted by molar-refractivity contribution is 0.179. The summed E-state index contributed by atoms with van der Waals surface area (Å²) in [5, 5.41) is 12.6. The summed E-state index contributed by atoms with van der Waals surface area (Å²) < 4.78 is 5.08. The Morgan fingerprint density at radius 1 is 1.47 bits per heavy atom. The summed E-state index contributed by atoms with van der Waals surface area (Å²) in [6.45, 7) is 3.16. The molecule has 0 fully saturated rings. The third kappa shape index (κ3) is 5.25.